The summed E-state index contributed by atoms with van der Waals surface area (Å²) in [6.07, 6.45) is 0. The average molecular weight is 501 g/mol. The summed E-state index contributed by atoms with van der Waals surface area (Å²) < 4.78 is 17.9. The Labute approximate surface area is 223 Å². The van der Waals surface area contributed by atoms with Crippen LogP contribution in [0.4, 0.5) is 0 Å². The summed E-state index contributed by atoms with van der Waals surface area (Å²) in [6, 6.07) is 42.4. The van der Waals surface area contributed by atoms with Crippen LogP contribution in [0.5, 0.6) is 17.2 Å². The van der Waals surface area contributed by atoms with Crippen LogP contribution in [0.25, 0.3) is 0 Å². The lowest BCUT2D eigenvalue weighted by Gasteiger charge is -2.12. The van der Waals surface area contributed by atoms with Crippen molar-refractivity contribution >= 4 is 5.78 Å². The highest BCUT2D eigenvalue weighted by Gasteiger charge is 2.15. The van der Waals surface area contributed by atoms with Crippen molar-refractivity contribution in [3.8, 4) is 17.2 Å². The number of ketones is 1. The summed E-state index contributed by atoms with van der Waals surface area (Å²) in [7, 11) is 0. The van der Waals surface area contributed by atoms with Gasteiger partial charge in [0.2, 0.25) is 0 Å². The molecule has 0 saturated heterocycles. The van der Waals surface area contributed by atoms with E-state index in [2.05, 4.69) is 0 Å². The second-order valence-corrected chi connectivity index (χ2v) is 8.83. The van der Waals surface area contributed by atoms with Crippen molar-refractivity contribution in [2.45, 2.75) is 19.8 Å². The van der Waals surface area contributed by atoms with Crippen LogP contribution in [-0.4, -0.2) is 5.78 Å². The van der Waals surface area contributed by atoms with Gasteiger partial charge < -0.3 is 14.2 Å². The van der Waals surface area contributed by atoms with Gasteiger partial charge in [0.1, 0.15) is 37.1 Å². The molecule has 0 atom stereocenters. The fraction of sp³-hybridized carbons (Fsp3) is 0.0882. The summed E-state index contributed by atoms with van der Waals surface area (Å²) in [4.78, 5) is 13.2. The van der Waals surface area contributed by atoms with Gasteiger partial charge >= 0.3 is 0 Å². The first-order valence-corrected chi connectivity index (χ1v) is 12.5. The molecule has 0 heterocycles. The van der Waals surface area contributed by atoms with E-state index >= 15 is 0 Å². The van der Waals surface area contributed by atoms with Gasteiger partial charge in [-0.3, -0.25) is 4.79 Å². The molecule has 0 saturated carbocycles. The summed E-state index contributed by atoms with van der Waals surface area (Å²) >= 11 is 0. The van der Waals surface area contributed by atoms with Crippen LogP contribution in [0.3, 0.4) is 0 Å². The first kappa shape index (κ1) is 24.8. The van der Waals surface area contributed by atoms with Gasteiger partial charge in [0.15, 0.2) is 5.78 Å². The number of carbonyl (C=O) groups is 1. The molecule has 38 heavy (non-hydrogen) atoms. The molecule has 0 aliphatic rings. The van der Waals surface area contributed by atoms with E-state index in [0.29, 0.717) is 42.4 Å². The first-order valence-electron chi connectivity index (χ1n) is 12.5. The summed E-state index contributed by atoms with van der Waals surface area (Å²) in [5.41, 5.74) is 4.27. The molecule has 0 radical (unpaired) electrons. The summed E-state index contributed by atoms with van der Waals surface area (Å²) in [5, 5.41) is 0. The van der Waals surface area contributed by atoms with Gasteiger partial charge in [-0.05, 0) is 65.2 Å². The molecule has 0 aliphatic carbocycles. The number of carbonyl (C=O) groups excluding carboxylic acids is 1. The third-order valence-corrected chi connectivity index (χ3v) is 6.04. The number of rotatable bonds is 11. The number of para-hydroxylation sites is 1. The molecule has 0 aromatic heterocycles. The SMILES string of the molecule is O=C(c1ccc(OCc2cccc(OCc3ccccc3)c2)cc1)c1ccccc1OCc1ccccc1. The highest BCUT2D eigenvalue weighted by Crippen LogP contribution is 2.24. The number of ether oxygens (including phenoxy) is 3. The van der Waals surface area contributed by atoms with Crippen LogP contribution in [0.15, 0.2) is 133 Å². The van der Waals surface area contributed by atoms with Crippen molar-refractivity contribution in [2.24, 2.45) is 0 Å². The highest BCUT2D eigenvalue weighted by atomic mass is 16.5. The van der Waals surface area contributed by atoms with Crippen LogP contribution in [0.1, 0.15) is 32.6 Å². The molecule has 0 spiro atoms. The Bertz CT molecular complexity index is 1460. The van der Waals surface area contributed by atoms with Crippen molar-refractivity contribution in [1.82, 2.24) is 0 Å². The zero-order valence-electron chi connectivity index (χ0n) is 21.0. The van der Waals surface area contributed by atoms with Crippen LogP contribution in [-0.2, 0) is 19.8 Å². The van der Waals surface area contributed by atoms with E-state index in [1.165, 1.54) is 0 Å². The predicted octanol–water partition coefficient (Wildman–Crippen LogP) is 7.65. The average Bonchev–Trinajstić information content (AvgIpc) is 2.99. The van der Waals surface area contributed by atoms with Crippen LogP contribution >= 0.6 is 0 Å². The number of hydrogen-bond acceptors (Lipinski definition) is 4. The highest BCUT2D eigenvalue weighted by molar-refractivity contribution is 6.10. The van der Waals surface area contributed by atoms with Gasteiger partial charge in [0.05, 0.1) is 5.56 Å². The van der Waals surface area contributed by atoms with Crippen molar-refractivity contribution in [3.05, 3.63) is 161 Å². The quantitative estimate of drug-likeness (QED) is 0.175. The van der Waals surface area contributed by atoms with E-state index in [1.54, 1.807) is 18.2 Å². The molecule has 5 aromatic carbocycles. The minimum atomic E-state index is -0.0940. The van der Waals surface area contributed by atoms with Gasteiger partial charge in [-0.2, -0.15) is 0 Å². The van der Waals surface area contributed by atoms with Gasteiger partial charge in [0, 0.05) is 5.56 Å². The van der Waals surface area contributed by atoms with Gasteiger partial charge in [-0.15, -0.1) is 0 Å². The van der Waals surface area contributed by atoms with E-state index in [4.69, 9.17) is 14.2 Å². The van der Waals surface area contributed by atoms with Crippen molar-refractivity contribution in [3.63, 3.8) is 0 Å². The van der Waals surface area contributed by atoms with Gasteiger partial charge in [0.25, 0.3) is 0 Å². The molecule has 0 unspecified atom stereocenters. The van der Waals surface area contributed by atoms with E-state index in [-0.39, 0.29) is 5.78 Å². The van der Waals surface area contributed by atoms with Gasteiger partial charge in [-0.1, -0.05) is 84.9 Å². The largest absolute Gasteiger partial charge is 0.489 e. The molecule has 5 rings (SSSR count). The molecule has 188 valence electrons. The molecule has 0 N–H and O–H groups in total. The third kappa shape index (κ3) is 6.68. The molecular formula is C34H28O4. The topological polar surface area (TPSA) is 44.8 Å². The van der Waals surface area contributed by atoms with Gasteiger partial charge in [-0.25, -0.2) is 0 Å². The Morgan fingerprint density at radius 2 is 1.03 bits per heavy atom. The first-order chi connectivity index (χ1) is 18.7. The van der Waals surface area contributed by atoms with Crippen molar-refractivity contribution in [2.75, 3.05) is 0 Å². The maximum absolute atomic E-state index is 13.2. The van der Waals surface area contributed by atoms with Crippen LogP contribution in [0.2, 0.25) is 0 Å². The summed E-state index contributed by atoms with van der Waals surface area (Å²) in [5.74, 6) is 1.95. The smallest absolute Gasteiger partial charge is 0.196 e. The standard InChI is InChI=1S/C34H28O4/c35-34(32-16-7-8-17-33(32)38-24-27-12-5-2-6-13-27)29-18-20-30(21-19-29)36-25-28-14-9-15-31(22-28)37-23-26-10-3-1-4-11-26/h1-22H,23-25H2. The fourth-order valence-corrected chi connectivity index (χ4v) is 4.01. The zero-order valence-corrected chi connectivity index (χ0v) is 21.0. The molecule has 0 aliphatic heterocycles. The maximum atomic E-state index is 13.2. The molecule has 5 aromatic rings. The third-order valence-electron chi connectivity index (χ3n) is 6.04. The van der Waals surface area contributed by atoms with Crippen molar-refractivity contribution in [1.29, 1.82) is 0 Å². The van der Waals surface area contributed by atoms with E-state index in [1.807, 2.05) is 115 Å². The lowest BCUT2D eigenvalue weighted by Crippen LogP contribution is -2.06. The Morgan fingerprint density at radius 1 is 0.474 bits per heavy atom. The fourth-order valence-electron chi connectivity index (χ4n) is 4.01. The zero-order chi connectivity index (χ0) is 26.0. The molecule has 0 fully saturated rings. The van der Waals surface area contributed by atoms with Crippen LogP contribution in [0, 0.1) is 0 Å². The second kappa shape index (κ2) is 12.4. The predicted molar refractivity (Wildman–Crippen MR) is 149 cm³/mol. The molecule has 4 heteroatoms. The molecule has 4 nitrogen and oxygen atoms in total. The van der Waals surface area contributed by atoms with E-state index in [9.17, 15) is 4.79 Å². The van der Waals surface area contributed by atoms with Crippen molar-refractivity contribution < 1.29 is 19.0 Å². The Kier molecular flexibility index (Phi) is 8.12. The summed E-state index contributed by atoms with van der Waals surface area (Å²) in [6.45, 7) is 1.31. The molecular weight excluding hydrogens is 472 g/mol. The Balaban J connectivity index is 1.18. The molecule has 0 bridgehead atoms. The van der Waals surface area contributed by atoms with E-state index < -0.39 is 0 Å². The molecule has 0 amide bonds. The number of benzene rings is 5. The Hall–Kier alpha value is -4.83. The maximum Gasteiger partial charge on any atom is 0.196 e. The lowest BCUT2D eigenvalue weighted by molar-refractivity contribution is 0.103. The minimum Gasteiger partial charge on any atom is -0.489 e. The lowest BCUT2D eigenvalue weighted by atomic mass is 10.0. The normalized spacial score (nSPS) is 10.5. The Morgan fingerprint density at radius 3 is 1.74 bits per heavy atom. The second-order valence-electron chi connectivity index (χ2n) is 8.83. The van der Waals surface area contributed by atoms with Crippen LogP contribution < -0.4 is 14.2 Å². The minimum absolute atomic E-state index is 0.0940. The number of hydrogen-bond donors (Lipinski definition) is 0. The monoisotopic (exact) mass is 500 g/mol. The van der Waals surface area contributed by atoms with E-state index in [0.717, 1.165) is 22.4 Å².